The Labute approximate surface area is 201 Å². The van der Waals surface area contributed by atoms with Gasteiger partial charge in [-0.2, -0.15) is 10.2 Å². The lowest BCUT2D eigenvalue weighted by molar-refractivity contribution is 0.0689. The maximum Gasteiger partial charge on any atom is 0.358 e. The summed E-state index contributed by atoms with van der Waals surface area (Å²) in [5.74, 6) is -1.60. The maximum atomic E-state index is 13.6. The molecule has 4 rings (SSSR count). The van der Waals surface area contributed by atoms with E-state index in [9.17, 15) is 9.59 Å². The standard InChI is InChI=1S/C24H25N7O4/c1-15-6-7-16(8-21(15)29-12-20(23(33)34)27-28-29)22(32)31(35-5)19-10-17(24(2,3)4)9-18(11-19)30-14-25-13-26-30/h6-14H,1-5H3,(H,33,34). The fraction of sp³-hybridized carbons (Fsp3) is 0.250. The second kappa shape index (κ2) is 9.11. The van der Waals surface area contributed by atoms with Crippen molar-refractivity contribution in [3.63, 3.8) is 0 Å². The van der Waals surface area contributed by atoms with E-state index < -0.39 is 11.9 Å². The predicted octanol–water partition coefficient (Wildman–Crippen LogP) is 3.36. The first-order valence-electron chi connectivity index (χ1n) is 10.7. The SMILES string of the molecule is CON(C(=O)c1ccc(C)c(-n2cc(C(=O)O)nn2)c1)c1cc(-n2cncn2)cc(C(C)(C)C)c1. The zero-order valence-electron chi connectivity index (χ0n) is 20.0. The van der Waals surface area contributed by atoms with Crippen LogP contribution >= 0.6 is 0 Å². The molecule has 0 aliphatic carbocycles. The highest BCUT2D eigenvalue weighted by atomic mass is 16.7. The molecule has 0 aliphatic rings. The topological polar surface area (TPSA) is 128 Å². The first-order chi connectivity index (χ1) is 16.6. The average molecular weight is 476 g/mol. The number of benzene rings is 2. The molecule has 1 N–H and O–H groups in total. The number of hydrogen-bond donors (Lipinski definition) is 1. The minimum absolute atomic E-state index is 0.195. The number of hydroxylamine groups is 1. The van der Waals surface area contributed by atoms with Crippen molar-refractivity contribution >= 4 is 17.6 Å². The van der Waals surface area contributed by atoms with Crippen molar-refractivity contribution in [2.45, 2.75) is 33.1 Å². The maximum absolute atomic E-state index is 13.6. The van der Waals surface area contributed by atoms with Crippen LogP contribution in [0.25, 0.3) is 11.4 Å². The van der Waals surface area contributed by atoms with Gasteiger partial charge in [-0.15, -0.1) is 5.10 Å². The Kier molecular flexibility index (Phi) is 6.18. The monoisotopic (exact) mass is 475 g/mol. The summed E-state index contributed by atoms with van der Waals surface area (Å²) in [5, 5.41) is 22.1. The van der Waals surface area contributed by atoms with Crippen LogP contribution in [-0.2, 0) is 10.3 Å². The number of anilines is 1. The lowest BCUT2D eigenvalue weighted by Crippen LogP contribution is -2.30. The Morgan fingerprint density at radius 1 is 1.09 bits per heavy atom. The summed E-state index contributed by atoms with van der Waals surface area (Å²) >= 11 is 0. The van der Waals surface area contributed by atoms with Gasteiger partial charge in [0.15, 0.2) is 5.69 Å². The van der Waals surface area contributed by atoms with Gasteiger partial charge in [-0.05, 0) is 53.8 Å². The number of aromatic carboxylic acids is 1. The molecule has 0 unspecified atom stereocenters. The molecule has 0 bridgehead atoms. The van der Waals surface area contributed by atoms with Crippen molar-refractivity contribution in [3.8, 4) is 11.4 Å². The minimum atomic E-state index is -1.19. The first-order valence-corrected chi connectivity index (χ1v) is 10.7. The summed E-state index contributed by atoms with van der Waals surface area (Å²) in [5.41, 5.74) is 3.46. The molecule has 0 aliphatic heterocycles. The molecule has 11 heteroatoms. The molecule has 1 amide bonds. The summed E-state index contributed by atoms with van der Waals surface area (Å²) in [6.45, 7) is 8.06. The van der Waals surface area contributed by atoms with Gasteiger partial charge in [0.05, 0.1) is 30.4 Å². The molecule has 2 heterocycles. The van der Waals surface area contributed by atoms with Crippen LogP contribution in [0.5, 0.6) is 0 Å². The van der Waals surface area contributed by atoms with E-state index in [1.165, 1.54) is 29.4 Å². The fourth-order valence-electron chi connectivity index (χ4n) is 3.51. The Bertz CT molecular complexity index is 1390. The number of aromatic nitrogens is 6. The molecule has 0 saturated carbocycles. The van der Waals surface area contributed by atoms with Crippen molar-refractivity contribution in [1.29, 1.82) is 0 Å². The van der Waals surface area contributed by atoms with E-state index in [0.29, 0.717) is 16.9 Å². The third-order valence-corrected chi connectivity index (χ3v) is 5.47. The van der Waals surface area contributed by atoms with Crippen LogP contribution < -0.4 is 5.06 Å². The number of rotatable bonds is 6. The quantitative estimate of drug-likeness (QED) is 0.421. The Morgan fingerprint density at radius 3 is 2.46 bits per heavy atom. The van der Waals surface area contributed by atoms with Gasteiger partial charge in [-0.1, -0.05) is 32.1 Å². The molecule has 180 valence electrons. The van der Waals surface area contributed by atoms with E-state index in [-0.39, 0.29) is 11.1 Å². The largest absolute Gasteiger partial charge is 0.476 e. The van der Waals surface area contributed by atoms with Crippen molar-refractivity contribution < 1.29 is 19.5 Å². The van der Waals surface area contributed by atoms with Crippen molar-refractivity contribution in [2.75, 3.05) is 12.2 Å². The molecule has 4 aromatic rings. The Hall–Kier alpha value is -4.38. The molecule has 0 saturated heterocycles. The normalized spacial score (nSPS) is 11.5. The van der Waals surface area contributed by atoms with Gasteiger partial charge in [0, 0.05) is 5.56 Å². The van der Waals surface area contributed by atoms with Gasteiger partial charge >= 0.3 is 5.97 Å². The number of amides is 1. The van der Waals surface area contributed by atoms with E-state index in [1.54, 1.807) is 35.3 Å². The zero-order valence-corrected chi connectivity index (χ0v) is 20.0. The average Bonchev–Trinajstić information content (AvgIpc) is 3.52. The van der Waals surface area contributed by atoms with Crippen LogP contribution in [-0.4, -0.2) is 53.9 Å². The number of hydrogen-bond acceptors (Lipinski definition) is 7. The summed E-state index contributed by atoms with van der Waals surface area (Å²) in [6, 6.07) is 10.7. The number of aryl methyl sites for hydroxylation is 1. The second-order valence-corrected chi connectivity index (χ2v) is 8.97. The van der Waals surface area contributed by atoms with Crippen molar-refractivity contribution in [2.24, 2.45) is 0 Å². The Morgan fingerprint density at radius 2 is 1.86 bits per heavy atom. The molecule has 0 spiro atoms. The van der Waals surface area contributed by atoms with Gasteiger partial charge in [-0.25, -0.2) is 19.1 Å². The molecule has 0 fully saturated rings. The smallest absolute Gasteiger partial charge is 0.358 e. The lowest BCUT2D eigenvalue weighted by Gasteiger charge is -2.25. The second-order valence-electron chi connectivity index (χ2n) is 8.97. The van der Waals surface area contributed by atoms with Crippen LogP contribution in [0.4, 0.5) is 5.69 Å². The summed E-state index contributed by atoms with van der Waals surface area (Å²) in [7, 11) is 1.42. The van der Waals surface area contributed by atoms with Gasteiger partial charge in [0.1, 0.15) is 12.7 Å². The minimum Gasteiger partial charge on any atom is -0.476 e. The number of carboxylic acid groups (broad SMARTS) is 1. The molecule has 0 atom stereocenters. The number of nitrogens with zero attached hydrogens (tertiary/aromatic N) is 7. The van der Waals surface area contributed by atoms with Crippen LogP contribution in [0.2, 0.25) is 0 Å². The molecular formula is C24H25N7O4. The molecule has 11 nitrogen and oxygen atoms in total. The highest BCUT2D eigenvalue weighted by Crippen LogP contribution is 2.31. The van der Waals surface area contributed by atoms with Gasteiger partial charge < -0.3 is 5.11 Å². The molecule has 2 aromatic heterocycles. The Balaban J connectivity index is 1.76. The van der Waals surface area contributed by atoms with E-state index >= 15 is 0 Å². The molecule has 0 radical (unpaired) electrons. The number of carboxylic acids is 1. The summed E-state index contributed by atoms with van der Waals surface area (Å²) in [6.07, 6.45) is 4.32. The van der Waals surface area contributed by atoms with Crippen LogP contribution in [0.1, 0.15) is 52.7 Å². The van der Waals surface area contributed by atoms with Gasteiger partial charge in [0.2, 0.25) is 0 Å². The van der Waals surface area contributed by atoms with Gasteiger partial charge in [-0.3, -0.25) is 9.63 Å². The first kappa shape index (κ1) is 23.8. The number of carbonyl (C=O) groups excluding carboxylic acids is 1. The predicted molar refractivity (Wildman–Crippen MR) is 127 cm³/mol. The third-order valence-electron chi connectivity index (χ3n) is 5.47. The van der Waals surface area contributed by atoms with E-state index in [1.807, 2.05) is 19.1 Å². The zero-order chi connectivity index (χ0) is 25.3. The lowest BCUT2D eigenvalue weighted by atomic mass is 9.86. The molecule has 35 heavy (non-hydrogen) atoms. The van der Waals surface area contributed by atoms with Crippen LogP contribution in [0.15, 0.2) is 55.2 Å². The van der Waals surface area contributed by atoms with E-state index in [2.05, 4.69) is 41.2 Å². The van der Waals surface area contributed by atoms with E-state index in [4.69, 9.17) is 9.94 Å². The summed E-state index contributed by atoms with van der Waals surface area (Å²) < 4.78 is 2.95. The third kappa shape index (κ3) is 4.80. The van der Waals surface area contributed by atoms with Crippen molar-refractivity contribution in [1.82, 2.24) is 29.8 Å². The summed E-state index contributed by atoms with van der Waals surface area (Å²) in [4.78, 5) is 34.3. The highest BCUT2D eigenvalue weighted by molar-refractivity contribution is 6.05. The number of carbonyl (C=O) groups is 2. The van der Waals surface area contributed by atoms with Crippen molar-refractivity contribution in [3.05, 3.63) is 77.6 Å². The highest BCUT2D eigenvalue weighted by Gasteiger charge is 2.24. The van der Waals surface area contributed by atoms with Crippen LogP contribution in [0, 0.1) is 6.92 Å². The molecular weight excluding hydrogens is 450 g/mol. The van der Waals surface area contributed by atoms with Crippen LogP contribution in [0.3, 0.4) is 0 Å². The molecule has 2 aromatic carbocycles. The fourth-order valence-corrected chi connectivity index (χ4v) is 3.51. The van der Waals surface area contributed by atoms with Gasteiger partial charge in [0.25, 0.3) is 5.91 Å². The van der Waals surface area contributed by atoms with E-state index in [0.717, 1.165) is 16.8 Å².